The Kier molecular flexibility index (Phi) is 7.99. The van der Waals surface area contributed by atoms with Gasteiger partial charge in [0.15, 0.2) is 11.9 Å². The summed E-state index contributed by atoms with van der Waals surface area (Å²) in [5.74, 6) is 1.32. The van der Waals surface area contributed by atoms with Gasteiger partial charge < -0.3 is 30.7 Å². The molecule has 34 heavy (non-hydrogen) atoms. The predicted octanol–water partition coefficient (Wildman–Crippen LogP) is 1.60. The molecule has 0 N–H and O–H groups in total. The number of Topliss-reactive ketones (excluding diaryl/α,β-unsaturated/α-hetero) is 1. The van der Waals surface area contributed by atoms with E-state index in [1.165, 1.54) is 12.8 Å². The van der Waals surface area contributed by atoms with Crippen LogP contribution in [0, 0.1) is 12.8 Å². The number of hydrogen-bond donors (Lipinski definition) is 0. The van der Waals surface area contributed by atoms with Gasteiger partial charge in [-0.1, -0.05) is 36.9 Å². The fourth-order valence-electron chi connectivity index (χ4n) is 6.39. The zero-order valence-electron chi connectivity index (χ0n) is 20.0. The first-order valence-electron chi connectivity index (χ1n) is 12.5. The van der Waals surface area contributed by atoms with Crippen LogP contribution in [0.4, 0.5) is 0 Å². The minimum atomic E-state index is -0.484. The molecule has 1 atom stereocenters. The molecule has 0 spiro atoms. The first-order valence-corrected chi connectivity index (χ1v) is 13.4. The van der Waals surface area contributed by atoms with E-state index < -0.39 is 5.41 Å². The Morgan fingerprint density at radius 3 is 2.56 bits per heavy atom. The summed E-state index contributed by atoms with van der Waals surface area (Å²) in [7, 11) is 0. The molecule has 0 amide bonds. The van der Waals surface area contributed by atoms with Crippen molar-refractivity contribution >= 4 is 23.1 Å². The van der Waals surface area contributed by atoms with Gasteiger partial charge in [0, 0.05) is 29.7 Å². The van der Waals surface area contributed by atoms with Crippen molar-refractivity contribution in [2.75, 3.05) is 26.2 Å². The number of hydrogen-bond acceptors (Lipinski definition) is 6. The smallest absolute Gasteiger partial charge is 0.317 e. The number of quaternary nitrogens is 1. The maximum Gasteiger partial charge on any atom is 0.317 e. The highest BCUT2D eigenvalue weighted by Gasteiger charge is 2.51. The highest BCUT2D eigenvalue weighted by molar-refractivity contribution is 7.10. The fourth-order valence-corrected chi connectivity index (χ4v) is 7.37. The molecule has 1 saturated carbocycles. The van der Waals surface area contributed by atoms with Crippen LogP contribution in [0.2, 0.25) is 0 Å². The molecule has 0 radical (unpaired) electrons. The van der Waals surface area contributed by atoms with Crippen molar-refractivity contribution in [3.63, 3.8) is 0 Å². The van der Waals surface area contributed by atoms with E-state index in [9.17, 15) is 9.59 Å². The number of fused-ring (bicyclic) bond motifs is 3. The molecule has 2 bridgehead atoms. The van der Waals surface area contributed by atoms with E-state index >= 15 is 0 Å². The molecule has 3 aliphatic heterocycles. The van der Waals surface area contributed by atoms with E-state index in [2.05, 4.69) is 22.7 Å². The lowest BCUT2D eigenvalue weighted by Crippen LogP contribution is -3.00. The van der Waals surface area contributed by atoms with Gasteiger partial charge >= 0.3 is 5.97 Å². The van der Waals surface area contributed by atoms with Gasteiger partial charge in [-0.05, 0) is 31.2 Å². The standard InChI is InChI=1S/C26H35N2O4S.BrH/c1-19-15-21(27-32-19)16-22(29)17-28-12-8-20(9-13-28)23(18-28)31-25(30)26(24-7-6-14-33-24)10-4-2-3-5-11-26;/h6-7,14-15,20,23H,2-5,8-13,16-18H2,1H3;1H/q+1;/p-1/t20?,23-,28?;/m0./s1. The molecular formula is C26H35BrN2O4S. The van der Waals surface area contributed by atoms with Crippen LogP contribution in [0.1, 0.15) is 67.7 Å². The number of piperidine rings is 3. The largest absolute Gasteiger partial charge is 1.00 e. The molecule has 5 heterocycles. The molecule has 4 aliphatic rings. The molecule has 0 unspecified atom stereocenters. The quantitative estimate of drug-likeness (QED) is 0.297. The second kappa shape index (κ2) is 10.6. The molecule has 2 aromatic rings. The third kappa shape index (κ3) is 5.19. The van der Waals surface area contributed by atoms with Crippen LogP contribution in [0.3, 0.4) is 0 Å². The Morgan fingerprint density at radius 1 is 1.21 bits per heavy atom. The van der Waals surface area contributed by atoms with Gasteiger partial charge in [0.25, 0.3) is 0 Å². The third-order valence-corrected chi connectivity index (χ3v) is 9.28. The van der Waals surface area contributed by atoms with E-state index in [0.717, 1.165) is 73.3 Å². The van der Waals surface area contributed by atoms with E-state index in [0.29, 0.717) is 24.6 Å². The summed E-state index contributed by atoms with van der Waals surface area (Å²) in [5, 5.41) is 6.06. The Balaban J connectivity index is 0.00000274. The summed E-state index contributed by atoms with van der Waals surface area (Å²) in [6.45, 7) is 5.09. The number of halogens is 1. The second-order valence-corrected chi connectivity index (χ2v) is 11.5. The molecule has 6 rings (SSSR count). The summed E-state index contributed by atoms with van der Waals surface area (Å²) in [4.78, 5) is 27.8. The first kappa shape index (κ1) is 25.6. The van der Waals surface area contributed by atoms with Crippen LogP contribution >= 0.6 is 11.3 Å². The lowest BCUT2D eigenvalue weighted by atomic mass is 9.78. The molecule has 186 valence electrons. The number of carbonyl (C=O) groups is 2. The van der Waals surface area contributed by atoms with E-state index in [-0.39, 0.29) is 34.8 Å². The van der Waals surface area contributed by atoms with Gasteiger partial charge in [-0.2, -0.15) is 0 Å². The minimum Gasteiger partial charge on any atom is -1.00 e. The van der Waals surface area contributed by atoms with Crippen LogP contribution in [-0.4, -0.2) is 53.7 Å². The normalized spacial score (nSPS) is 28.0. The maximum atomic E-state index is 13.8. The van der Waals surface area contributed by atoms with E-state index in [1.54, 1.807) is 11.3 Å². The number of esters is 1. The van der Waals surface area contributed by atoms with Crippen LogP contribution in [0.25, 0.3) is 0 Å². The third-order valence-electron chi connectivity index (χ3n) is 8.21. The summed E-state index contributed by atoms with van der Waals surface area (Å²) in [6, 6.07) is 6.00. The average Bonchev–Trinajstić information content (AvgIpc) is 3.41. The van der Waals surface area contributed by atoms with Gasteiger partial charge in [-0.3, -0.25) is 9.59 Å². The van der Waals surface area contributed by atoms with Crippen LogP contribution in [-0.2, 0) is 26.2 Å². The fraction of sp³-hybridized carbons (Fsp3) is 0.654. The zero-order valence-corrected chi connectivity index (χ0v) is 22.4. The molecule has 0 aromatic carbocycles. The Bertz CT molecular complexity index is 973. The molecule has 4 fully saturated rings. The summed E-state index contributed by atoms with van der Waals surface area (Å²) in [5.41, 5.74) is 0.221. The molecular weight excluding hydrogens is 516 g/mol. The zero-order chi connectivity index (χ0) is 22.9. The number of rotatable bonds is 7. The molecule has 1 aliphatic carbocycles. The highest BCUT2D eigenvalue weighted by atomic mass is 79.9. The number of thiophene rings is 1. The van der Waals surface area contributed by atoms with E-state index in [4.69, 9.17) is 9.26 Å². The number of aryl methyl sites for hydroxylation is 1. The topological polar surface area (TPSA) is 69.4 Å². The van der Waals surface area contributed by atoms with Crippen molar-refractivity contribution in [3.8, 4) is 0 Å². The molecule has 8 heteroatoms. The second-order valence-electron chi connectivity index (χ2n) is 10.5. The molecule has 2 aromatic heterocycles. The number of carbonyl (C=O) groups excluding carboxylic acids is 2. The summed E-state index contributed by atoms with van der Waals surface area (Å²) < 4.78 is 12.3. The Hall–Kier alpha value is -1.51. The van der Waals surface area contributed by atoms with Gasteiger partial charge in [0.05, 0.1) is 25.2 Å². The summed E-state index contributed by atoms with van der Waals surface area (Å²) in [6.07, 6.45) is 8.61. The number of ketones is 1. The van der Waals surface area contributed by atoms with Gasteiger partial charge in [-0.15, -0.1) is 11.3 Å². The number of nitrogens with zero attached hydrogens (tertiary/aromatic N) is 2. The minimum absolute atomic E-state index is 0. The SMILES string of the molecule is Cc1cc(CC(=O)C[N+]23CCC(CC2)[C@@H](OC(=O)C2(c4cccs4)CCCCCC2)C3)no1.[Br-]. The predicted molar refractivity (Wildman–Crippen MR) is 126 cm³/mol. The monoisotopic (exact) mass is 550 g/mol. The lowest BCUT2D eigenvalue weighted by molar-refractivity contribution is -0.939. The van der Waals surface area contributed by atoms with Gasteiger partial charge in [0.2, 0.25) is 0 Å². The Morgan fingerprint density at radius 2 is 1.94 bits per heavy atom. The van der Waals surface area contributed by atoms with Crippen LogP contribution in [0.5, 0.6) is 0 Å². The van der Waals surface area contributed by atoms with Crippen LogP contribution < -0.4 is 17.0 Å². The average molecular weight is 552 g/mol. The van der Waals surface area contributed by atoms with Gasteiger partial charge in [0.1, 0.15) is 24.3 Å². The van der Waals surface area contributed by atoms with Crippen molar-refractivity contribution in [3.05, 3.63) is 39.9 Å². The van der Waals surface area contributed by atoms with Gasteiger partial charge in [-0.25, -0.2) is 0 Å². The van der Waals surface area contributed by atoms with Crippen molar-refractivity contribution in [1.82, 2.24) is 5.16 Å². The number of ether oxygens (including phenoxy) is 1. The Labute approximate surface area is 216 Å². The first-order chi connectivity index (χ1) is 16.0. The molecule has 3 saturated heterocycles. The highest BCUT2D eigenvalue weighted by Crippen LogP contribution is 2.43. The van der Waals surface area contributed by atoms with Crippen molar-refractivity contribution < 1.29 is 40.3 Å². The van der Waals surface area contributed by atoms with Crippen molar-refractivity contribution in [2.24, 2.45) is 5.92 Å². The summed E-state index contributed by atoms with van der Waals surface area (Å²) >= 11 is 1.69. The maximum absolute atomic E-state index is 13.8. The van der Waals surface area contributed by atoms with E-state index in [1.807, 2.05) is 13.0 Å². The lowest BCUT2D eigenvalue weighted by Gasteiger charge is -2.52. The number of aromatic nitrogens is 1. The molecule has 6 nitrogen and oxygen atoms in total. The van der Waals surface area contributed by atoms with Crippen molar-refractivity contribution in [1.29, 1.82) is 0 Å². The van der Waals surface area contributed by atoms with Crippen molar-refractivity contribution in [2.45, 2.75) is 76.2 Å². The van der Waals surface area contributed by atoms with Crippen LogP contribution in [0.15, 0.2) is 28.1 Å².